The van der Waals surface area contributed by atoms with Gasteiger partial charge in [0.2, 0.25) is 0 Å². The molecular formula is C16H20N4O4. The fourth-order valence-corrected chi connectivity index (χ4v) is 2.73. The summed E-state index contributed by atoms with van der Waals surface area (Å²) >= 11 is 0. The standard InChI is InChI=1S/C16H20N4O4/c1-12-2-4-15(24-12)14(19-6-8-23-9-7-19)11-18-16-5-3-13(10-17-16)20(21)22/h2-5,10,14H,6-9,11H2,1H3,(H,17,18)/t14-/m1/s1. The zero-order valence-electron chi connectivity index (χ0n) is 13.5. The number of nitro groups is 1. The normalized spacial score (nSPS) is 16.7. The maximum absolute atomic E-state index is 10.7. The lowest BCUT2D eigenvalue weighted by molar-refractivity contribution is -0.385. The Morgan fingerprint density at radius 2 is 2.12 bits per heavy atom. The summed E-state index contributed by atoms with van der Waals surface area (Å²) in [5.74, 6) is 2.36. The second-order valence-electron chi connectivity index (χ2n) is 5.65. The molecule has 128 valence electrons. The highest BCUT2D eigenvalue weighted by Gasteiger charge is 2.25. The first-order chi connectivity index (χ1) is 11.6. The van der Waals surface area contributed by atoms with Crippen LogP contribution in [-0.4, -0.2) is 47.7 Å². The lowest BCUT2D eigenvalue weighted by Gasteiger charge is -2.33. The van der Waals surface area contributed by atoms with Gasteiger partial charge in [0.25, 0.3) is 5.69 Å². The number of hydrogen-bond acceptors (Lipinski definition) is 7. The van der Waals surface area contributed by atoms with Crippen molar-refractivity contribution in [2.75, 3.05) is 38.2 Å². The quantitative estimate of drug-likeness (QED) is 0.641. The number of ether oxygens (including phenoxy) is 1. The van der Waals surface area contributed by atoms with Crippen LogP contribution in [-0.2, 0) is 4.74 Å². The van der Waals surface area contributed by atoms with Crippen molar-refractivity contribution in [2.24, 2.45) is 0 Å². The number of rotatable bonds is 6. The van der Waals surface area contributed by atoms with Crippen molar-refractivity contribution in [2.45, 2.75) is 13.0 Å². The third kappa shape index (κ3) is 3.90. The molecule has 8 nitrogen and oxygen atoms in total. The second-order valence-corrected chi connectivity index (χ2v) is 5.65. The third-order valence-electron chi connectivity index (χ3n) is 4.01. The highest BCUT2D eigenvalue weighted by Crippen LogP contribution is 2.24. The maximum atomic E-state index is 10.7. The molecule has 3 rings (SSSR count). The molecule has 1 atom stereocenters. The van der Waals surface area contributed by atoms with Crippen LogP contribution in [0.4, 0.5) is 11.5 Å². The van der Waals surface area contributed by atoms with E-state index in [9.17, 15) is 10.1 Å². The van der Waals surface area contributed by atoms with Crippen molar-refractivity contribution < 1.29 is 14.1 Å². The van der Waals surface area contributed by atoms with Gasteiger partial charge in [-0.05, 0) is 25.1 Å². The van der Waals surface area contributed by atoms with E-state index in [4.69, 9.17) is 9.15 Å². The van der Waals surface area contributed by atoms with Gasteiger partial charge in [0.05, 0.1) is 24.2 Å². The Bertz CT molecular complexity index is 680. The van der Waals surface area contributed by atoms with Crippen molar-refractivity contribution in [1.82, 2.24) is 9.88 Å². The van der Waals surface area contributed by atoms with E-state index in [1.54, 1.807) is 6.07 Å². The summed E-state index contributed by atoms with van der Waals surface area (Å²) in [5.41, 5.74) is -0.0214. The van der Waals surface area contributed by atoms with Crippen molar-refractivity contribution in [3.63, 3.8) is 0 Å². The minimum Gasteiger partial charge on any atom is -0.465 e. The molecule has 0 aliphatic carbocycles. The van der Waals surface area contributed by atoms with E-state index in [1.165, 1.54) is 12.3 Å². The van der Waals surface area contributed by atoms with Gasteiger partial charge in [-0.2, -0.15) is 0 Å². The summed E-state index contributed by atoms with van der Waals surface area (Å²) in [4.78, 5) is 16.6. The molecule has 3 heterocycles. The average molecular weight is 332 g/mol. The predicted molar refractivity (Wildman–Crippen MR) is 88.0 cm³/mol. The Labute approximate surface area is 139 Å². The molecule has 0 bridgehead atoms. The molecule has 0 saturated carbocycles. The molecule has 0 spiro atoms. The van der Waals surface area contributed by atoms with Crippen LogP contribution in [0.3, 0.4) is 0 Å². The highest BCUT2D eigenvalue weighted by molar-refractivity contribution is 5.40. The zero-order valence-corrected chi connectivity index (χ0v) is 13.5. The lowest BCUT2D eigenvalue weighted by atomic mass is 10.1. The van der Waals surface area contributed by atoms with Gasteiger partial charge in [-0.3, -0.25) is 15.0 Å². The molecule has 0 radical (unpaired) electrons. The van der Waals surface area contributed by atoms with Gasteiger partial charge in [0.1, 0.15) is 23.5 Å². The molecule has 0 aromatic carbocycles. The SMILES string of the molecule is Cc1ccc([C@@H](CNc2ccc([N+](=O)[O-])cn2)N2CCOCC2)o1. The predicted octanol–water partition coefficient (Wildman–Crippen LogP) is 2.38. The molecule has 8 heteroatoms. The van der Waals surface area contributed by atoms with E-state index in [1.807, 2.05) is 19.1 Å². The fourth-order valence-electron chi connectivity index (χ4n) is 2.73. The number of nitrogens with zero attached hydrogens (tertiary/aromatic N) is 3. The molecule has 2 aromatic rings. The van der Waals surface area contributed by atoms with E-state index in [2.05, 4.69) is 15.2 Å². The monoisotopic (exact) mass is 332 g/mol. The number of anilines is 1. The Morgan fingerprint density at radius 1 is 1.33 bits per heavy atom. The highest BCUT2D eigenvalue weighted by atomic mass is 16.6. The van der Waals surface area contributed by atoms with Crippen LogP contribution in [0.2, 0.25) is 0 Å². The number of nitrogens with one attached hydrogen (secondary N) is 1. The molecule has 1 N–H and O–H groups in total. The van der Waals surface area contributed by atoms with Crippen molar-refractivity contribution in [1.29, 1.82) is 0 Å². The van der Waals surface area contributed by atoms with Crippen LogP contribution in [0, 0.1) is 17.0 Å². The summed E-state index contributed by atoms with van der Waals surface area (Å²) in [5, 5.41) is 13.9. The smallest absolute Gasteiger partial charge is 0.287 e. The number of aryl methyl sites for hydroxylation is 1. The Morgan fingerprint density at radius 3 is 2.71 bits per heavy atom. The van der Waals surface area contributed by atoms with E-state index >= 15 is 0 Å². The third-order valence-corrected chi connectivity index (χ3v) is 4.01. The van der Waals surface area contributed by atoms with Crippen LogP contribution in [0.5, 0.6) is 0 Å². The van der Waals surface area contributed by atoms with Gasteiger partial charge in [0.15, 0.2) is 0 Å². The van der Waals surface area contributed by atoms with E-state index in [-0.39, 0.29) is 11.7 Å². The molecule has 24 heavy (non-hydrogen) atoms. The first-order valence-corrected chi connectivity index (χ1v) is 7.86. The Hall–Kier alpha value is -2.45. The zero-order chi connectivity index (χ0) is 16.9. The van der Waals surface area contributed by atoms with Crippen molar-refractivity contribution in [3.8, 4) is 0 Å². The number of morpholine rings is 1. The van der Waals surface area contributed by atoms with Gasteiger partial charge >= 0.3 is 0 Å². The largest absolute Gasteiger partial charge is 0.465 e. The molecule has 1 aliphatic heterocycles. The van der Waals surface area contributed by atoms with Crippen LogP contribution in [0.15, 0.2) is 34.9 Å². The first kappa shape index (κ1) is 16.4. The van der Waals surface area contributed by atoms with E-state index in [0.717, 1.165) is 24.6 Å². The summed E-state index contributed by atoms with van der Waals surface area (Å²) in [6, 6.07) is 7.05. The van der Waals surface area contributed by atoms with Crippen LogP contribution in [0.1, 0.15) is 17.6 Å². The van der Waals surface area contributed by atoms with E-state index in [0.29, 0.717) is 25.6 Å². The molecule has 0 unspecified atom stereocenters. The second kappa shape index (κ2) is 7.41. The maximum Gasteiger partial charge on any atom is 0.287 e. The van der Waals surface area contributed by atoms with Crippen LogP contribution < -0.4 is 5.32 Å². The number of hydrogen-bond donors (Lipinski definition) is 1. The molecule has 1 aliphatic rings. The van der Waals surface area contributed by atoms with Crippen LogP contribution in [0.25, 0.3) is 0 Å². The molecule has 1 fully saturated rings. The van der Waals surface area contributed by atoms with Gasteiger partial charge < -0.3 is 14.5 Å². The Kier molecular flexibility index (Phi) is 5.07. The summed E-state index contributed by atoms with van der Waals surface area (Å²) in [6.45, 7) is 5.58. The van der Waals surface area contributed by atoms with Crippen molar-refractivity contribution >= 4 is 11.5 Å². The summed E-state index contributed by atoms with van der Waals surface area (Å²) in [6.07, 6.45) is 1.25. The average Bonchev–Trinajstić information content (AvgIpc) is 3.02. The summed E-state index contributed by atoms with van der Waals surface area (Å²) < 4.78 is 11.2. The first-order valence-electron chi connectivity index (χ1n) is 7.86. The van der Waals surface area contributed by atoms with Gasteiger partial charge in [-0.25, -0.2) is 4.98 Å². The molecule has 1 saturated heterocycles. The van der Waals surface area contributed by atoms with Gasteiger partial charge in [-0.15, -0.1) is 0 Å². The molecule has 2 aromatic heterocycles. The van der Waals surface area contributed by atoms with E-state index < -0.39 is 4.92 Å². The minimum absolute atomic E-state index is 0.0214. The number of furan rings is 1. The number of pyridine rings is 1. The van der Waals surface area contributed by atoms with Gasteiger partial charge in [0, 0.05) is 25.7 Å². The van der Waals surface area contributed by atoms with Crippen molar-refractivity contribution in [3.05, 3.63) is 52.1 Å². The molecule has 0 amide bonds. The molecular weight excluding hydrogens is 312 g/mol. The minimum atomic E-state index is -0.459. The fraction of sp³-hybridized carbons (Fsp3) is 0.438. The topological polar surface area (TPSA) is 93.7 Å². The van der Waals surface area contributed by atoms with Crippen LogP contribution >= 0.6 is 0 Å². The number of aromatic nitrogens is 1. The Balaban J connectivity index is 1.70. The van der Waals surface area contributed by atoms with Gasteiger partial charge in [-0.1, -0.05) is 0 Å². The lowest BCUT2D eigenvalue weighted by Crippen LogP contribution is -2.41. The summed E-state index contributed by atoms with van der Waals surface area (Å²) in [7, 11) is 0.